The predicted octanol–water partition coefficient (Wildman–Crippen LogP) is 2.14. The van der Waals surface area contributed by atoms with Crippen molar-refractivity contribution >= 4 is 12.1 Å². The van der Waals surface area contributed by atoms with E-state index in [-0.39, 0.29) is 0 Å². The average Bonchev–Trinajstić information content (AvgIpc) is 2.52. The Labute approximate surface area is 131 Å². The smallest absolute Gasteiger partial charge is 0.428 e. The molecule has 1 N–H and O–H groups in total. The minimum absolute atomic E-state index is 0.365. The second-order valence-electron chi connectivity index (χ2n) is 5.14. The minimum atomic E-state index is -0.733. The van der Waals surface area contributed by atoms with Crippen LogP contribution in [0.25, 0.3) is 0 Å². The van der Waals surface area contributed by atoms with Crippen LogP contribution >= 0.6 is 0 Å². The SMILES string of the molecule is CCCCOC(=O)[C@H](Cc1ccccc1)NOC(=O)N(C)C. The first-order valence-corrected chi connectivity index (χ1v) is 7.38. The fourth-order valence-electron chi connectivity index (χ4n) is 1.65. The maximum atomic E-state index is 12.1. The Balaban J connectivity index is 2.63. The van der Waals surface area contributed by atoms with Gasteiger partial charge in [0.2, 0.25) is 0 Å². The first kappa shape index (κ1) is 18.0. The normalized spacial score (nSPS) is 11.6. The topological polar surface area (TPSA) is 67.9 Å². The van der Waals surface area contributed by atoms with Crippen LogP contribution in [0.4, 0.5) is 4.79 Å². The van der Waals surface area contributed by atoms with Crippen molar-refractivity contribution < 1.29 is 19.2 Å². The van der Waals surface area contributed by atoms with E-state index in [1.165, 1.54) is 4.90 Å². The van der Waals surface area contributed by atoms with E-state index < -0.39 is 18.1 Å². The van der Waals surface area contributed by atoms with Crippen LogP contribution in [0.5, 0.6) is 0 Å². The van der Waals surface area contributed by atoms with E-state index in [9.17, 15) is 9.59 Å². The maximum Gasteiger partial charge on any atom is 0.428 e. The van der Waals surface area contributed by atoms with Gasteiger partial charge in [0.15, 0.2) is 0 Å². The van der Waals surface area contributed by atoms with Crippen molar-refractivity contribution in [2.45, 2.75) is 32.2 Å². The Kier molecular flexibility index (Phi) is 7.99. The van der Waals surface area contributed by atoms with E-state index in [2.05, 4.69) is 5.48 Å². The summed E-state index contributed by atoms with van der Waals surface area (Å²) < 4.78 is 5.20. The molecule has 0 saturated carbocycles. The van der Waals surface area contributed by atoms with Gasteiger partial charge in [-0.3, -0.25) is 4.79 Å². The summed E-state index contributed by atoms with van der Waals surface area (Å²) in [7, 11) is 3.13. The van der Waals surface area contributed by atoms with E-state index in [4.69, 9.17) is 9.57 Å². The molecule has 6 nitrogen and oxygen atoms in total. The number of hydrogen-bond donors (Lipinski definition) is 1. The van der Waals surface area contributed by atoms with Gasteiger partial charge in [0.25, 0.3) is 0 Å². The predicted molar refractivity (Wildman–Crippen MR) is 83.1 cm³/mol. The molecule has 0 unspecified atom stereocenters. The lowest BCUT2D eigenvalue weighted by molar-refractivity contribution is -0.149. The van der Waals surface area contributed by atoms with Crippen molar-refractivity contribution in [1.29, 1.82) is 0 Å². The molecule has 1 aromatic rings. The average molecular weight is 308 g/mol. The third-order valence-electron chi connectivity index (χ3n) is 2.96. The summed E-state index contributed by atoms with van der Waals surface area (Å²) in [4.78, 5) is 29.8. The van der Waals surface area contributed by atoms with Gasteiger partial charge in [-0.25, -0.2) is 4.79 Å². The zero-order chi connectivity index (χ0) is 16.4. The molecule has 0 aliphatic rings. The van der Waals surface area contributed by atoms with Crippen LogP contribution in [0.1, 0.15) is 25.3 Å². The molecule has 0 aliphatic carbocycles. The van der Waals surface area contributed by atoms with Crippen LogP contribution in [0.2, 0.25) is 0 Å². The van der Waals surface area contributed by atoms with E-state index in [1.54, 1.807) is 14.1 Å². The van der Waals surface area contributed by atoms with Crippen LogP contribution < -0.4 is 5.48 Å². The van der Waals surface area contributed by atoms with Crippen LogP contribution in [0.15, 0.2) is 30.3 Å². The summed E-state index contributed by atoms with van der Waals surface area (Å²) in [5.74, 6) is -0.427. The molecule has 1 amide bonds. The molecule has 0 aliphatic heterocycles. The maximum absolute atomic E-state index is 12.1. The molecular formula is C16H24N2O4. The lowest BCUT2D eigenvalue weighted by atomic mass is 10.1. The molecule has 122 valence electrons. The Hall–Kier alpha value is -2.08. The van der Waals surface area contributed by atoms with E-state index in [1.807, 2.05) is 37.3 Å². The molecule has 1 atom stereocenters. The summed E-state index contributed by atoms with van der Waals surface area (Å²) >= 11 is 0. The lowest BCUT2D eigenvalue weighted by Gasteiger charge is -2.18. The second-order valence-corrected chi connectivity index (χ2v) is 5.14. The molecule has 0 fully saturated rings. The van der Waals surface area contributed by atoms with Gasteiger partial charge >= 0.3 is 12.1 Å². The Morgan fingerprint density at radius 1 is 1.23 bits per heavy atom. The zero-order valence-electron chi connectivity index (χ0n) is 13.4. The third kappa shape index (κ3) is 6.58. The first-order chi connectivity index (χ1) is 10.5. The largest absolute Gasteiger partial charge is 0.464 e. The van der Waals surface area contributed by atoms with Crippen LogP contribution in [0.3, 0.4) is 0 Å². The van der Waals surface area contributed by atoms with Gasteiger partial charge < -0.3 is 14.5 Å². The third-order valence-corrected chi connectivity index (χ3v) is 2.96. The molecule has 22 heavy (non-hydrogen) atoms. The van der Waals surface area contributed by atoms with Crippen molar-refractivity contribution in [3.8, 4) is 0 Å². The number of carbonyl (C=O) groups excluding carboxylic acids is 2. The van der Waals surface area contributed by atoms with Gasteiger partial charge in [-0.05, 0) is 12.0 Å². The summed E-state index contributed by atoms with van der Waals surface area (Å²) in [5, 5.41) is 0. The van der Waals surface area contributed by atoms with Gasteiger partial charge in [0.1, 0.15) is 6.04 Å². The number of nitrogens with zero attached hydrogens (tertiary/aromatic N) is 1. The summed E-state index contributed by atoms with van der Waals surface area (Å²) in [5.41, 5.74) is 3.46. The number of hydrogen-bond acceptors (Lipinski definition) is 5. The van der Waals surface area contributed by atoms with Gasteiger partial charge in [-0.15, -0.1) is 5.48 Å². The second kappa shape index (κ2) is 9.78. The minimum Gasteiger partial charge on any atom is -0.464 e. The molecular weight excluding hydrogens is 284 g/mol. The van der Waals surface area contributed by atoms with Gasteiger partial charge in [-0.2, -0.15) is 0 Å². The quantitative estimate of drug-likeness (QED) is 0.453. The van der Waals surface area contributed by atoms with E-state index in [0.29, 0.717) is 13.0 Å². The highest BCUT2D eigenvalue weighted by atomic mass is 16.7. The summed E-state index contributed by atoms with van der Waals surface area (Å²) in [6.07, 6.45) is 1.56. The number of hydroxylamine groups is 1. The number of ether oxygens (including phenoxy) is 1. The molecule has 0 heterocycles. The van der Waals surface area contributed by atoms with Crippen molar-refractivity contribution in [3.05, 3.63) is 35.9 Å². The number of rotatable bonds is 8. The fraction of sp³-hybridized carbons (Fsp3) is 0.500. The zero-order valence-corrected chi connectivity index (χ0v) is 13.4. The highest BCUT2D eigenvalue weighted by molar-refractivity contribution is 5.76. The van der Waals surface area contributed by atoms with Crippen LogP contribution in [-0.4, -0.2) is 43.7 Å². The van der Waals surface area contributed by atoms with Gasteiger partial charge in [-0.1, -0.05) is 43.7 Å². The van der Waals surface area contributed by atoms with E-state index in [0.717, 1.165) is 18.4 Å². The van der Waals surface area contributed by atoms with Crippen LogP contribution in [-0.2, 0) is 20.8 Å². The molecule has 0 aromatic heterocycles. The highest BCUT2D eigenvalue weighted by Crippen LogP contribution is 2.05. The molecule has 1 aromatic carbocycles. The number of amides is 1. The van der Waals surface area contributed by atoms with Crippen LogP contribution in [0, 0.1) is 0 Å². The van der Waals surface area contributed by atoms with Gasteiger partial charge in [0, 0.05) is 20.5 Å². The highest BCUT2D eigenvalue weighted by Gasteiger charge is 2.22. The summed E-state index contributed by atoms with van der Waals surface area (Å²) in [6.45, 7) is 2.39. The van der Waals surface area contributed by atoms with Crippen molar-refractivity contribution in [2.24, 2.45) is 0 Å². The Morgan fingerprint density at radius 2 is 1.91 bits per heavy atom. The molecule has 6 heteroatoms. The molecule has 0 bridgehead atoms. The molecule has 0 spiro atoms. The monoisotopic (exact) mass is 308 g/mol. The lowest BCUT2D eigenvalue weighted by Crippen LogP contribution is -2.43. The standard InChI is InChI=1S/C16H24N2O4/c1-4-5-11-21-15(19)14(17-22-16(20)18(2)3)12-13-9-7-6-8-10-13/h6-10,14,17H,4-5,11-12H2,1-3H3/t14-/m0/s1. The number of esters is 1. The number of carbonyl (C=O) groups is 2. The number of unbranched alkanes of at least 4 members (excludes halogenated alkanes) is 1. The Bertz CT molecular complexity index is 462. The van der Waals surface area contributed by atoms with Crippen molar-refractivity contribution in [2.75, 3.05) is 20.7 Å². The molecule has 0 saturated heterocycles. The number of nitrogens with one attached hydrogen (secondary N) is 1. The number of benzene rings is 1. The van der Waals surface area contributed by atoms with Gasteiger partial charge in [0.05, 0.1) is 6.61 Å². The van der Waals surface area contributed by atoms with Crippen molar-refractivity contribution in [3.63, 3.8) is 0 Å². The Morgan fingerprint density at radius 3 is 2.50 bits per heavy atom. The van der Waals surface area contributed by atoms with E-state index >= 15 is 0 Å². The fourth-order valence-corrected chi connectivity index (χ4v) is 1.65. The molecule has 1 rings (SSSR count). The first-order valence-electron chi connectivity index (χ1n) is 7.38. The van der Waals surface area contributed by atoms with Crippen molar-refractivity contribution in [1.82, 2.24) is 10.4 Å². The summed E-state index contributed by atoms with van der Waals surface area (Å²) in [6, 6.07) is 8.76. The molecule has 0 radical (unpaired) electrons.